The van der Waals surface area contributed by atoms with E-state index in [1.165, 1.54) is 13.2 Å². The van der Waals surface area contributed by atoms with Crippen molar-refractivity contribution >= 4 is 33.6 Å². The van der Waals surface area contributed by atoms with Crippen molar-refractivity contribution in [2.45, 2.75) is 37.5 Å². The molecular formula is C25H27NO6S. The van der Waals surface area contributed by atoms with E-state index in [0.717, 1.165) is 5.56 Å². The Morgan fingerprint density at radius 2 is 1.82 bits per heavy atom. The molecule has 0 aromatic heterocycles. The van der Waals surface area contributed by atoms with Crippen molar-refractivity contribution in [3.8, 4) is 17.2 Å². The third-order valence-corrected chi connectivity index (χ3v) is 7.38. The van der Waals surface area contributed by atoms with Crippen molar-refractivity contribution in [1.82, 2.24) is 0 Å². The summed E-state index contributed by atoms with van der Waals surface area (Å²) in [7, 11) is -0.397. The van der Waals surface area contributed by atoms with Gasteiger partial charge in [0, 0.05) is 0 Å². The third kappa shape index (κ3) is 4.90. The van der Waals surface area contributed by atoms with E-state index >= 15 is 0 Å². The lowest BCUT2D eigenvalue weighted by Crippen LogP contribution is -2.28. The second-order valence-corrected chi connectivity index (χ2v) is 10.6. The minimum Gasteiger partial charge on any atom is -0.496 e. The van der Waals surface area contributed by atoms with E-state index in [1.807, 2.05) is 26.0 Å². The first-order valence-electron chi connectivity index (χ1n) is 10.6. The number of methoxy groups -OCH3 is 2. The van der Waals surface area contributed by atoms with Crippen molar-refractivity contribution in [3.05, 3.63) is 59.2 Å². The molecule has 1 aliphatic heterocycles. The summed E-state index contributed by atoms with van der Waals surface area (Å²) >= 11 is 0. The molecule has 0 unspecified atom stereocenters. The van der Waals surface area contributed by atoms with Crippen LogP contribution in [0.2, 0.25) is 0 Å². The molecule has 4 rings (SSSR count). The van der Waals surface area contributed by atoms with E-state index in [2.05, 4.69) is 4.72 Å². The van der Waals surface area contributed by atoms with Gasteiger partial charge in [-0.25, -0.2) is 8.42 Å². The van der Waals surface area contributed by atoms with Crippen LogP contribution in [0.4, 0.5) is 5.69 Å². The van der Waals surface area contributed by atoms with Gasteiger partial charge in [0.25, 0.3) is 0 Å². The van der Waals surface area contributed by atoms with Crippen molar-refractivity contribution in [2.24, 2.45) is 0 Å². The molecule has 0 saturated heterocycles. The van der Waals surface area contributed by atoms with E-state index in [4.69, 9.17) is 14.2 Å². The molecule has 1 aliphatic carbocycles. The zero-order valence-corrected chi connectivity index (χ0v) is 19.9. The van der Waals surface area contributed by atoms with Crippen molar-refractivity contribution in [2.75, 3.05) is 18.9 Å². The Hall–Kier alpha value is -3.26. The number of rotatable bonds is 8. The number of carbonyl (C=O) groups is 1. The number of sulfonamides is 1. The van der Waals surface area contributed by atoms with E-state index in [1.54, 1.807) is 43.5 Å². The van der Waals surface area contributed by atoms with Crippen molar-refractivity contribution in [3.63, 3.8) is 0 Å². The number of nitrogens with one attached hydrogen (secondary N) is 1. The maximum atomic E-state index is 13.1. The number of anilines is 1. The fourth-order valence-corrected chi connectivity index (χ4v) is 4.98. The molecule has 1 N–H and O–H groups in total. The molecule has 0 amide bonds. The summed E-state index contributed by atoms with van der Waals surface area (Å²) in [4.78, 5) is 13.1. The molecule has 33 heavy (non-hydrogen) atoms. The quantitative estimate of drug-likeness (QED) is 0.446. The first-order chi connectivity index (χ1) is 15.6. The minimum absolute atomic E-state index is 0.240. The summed E-state index contributed by atoms with van der Waals surface area (Å²) in [6, 6.07) is 8.49. The fourth-order valence-electron chi connectivity index (χ4n) is 3.59. The molecular weight excluding hydrogens is 442 g/mol. The highest BCUT2D eigenvalue weighted by Gasteiger charge is 2.36. The SMILES string of the molecule is COc1ccc(/C=C/C(=O)c2ccc(OC)c3c2OC(C)(C)C=C3)cc1NS(=O)(=O)C1CC1. The molecule has 8 heteroatoms. The lowest BCUT2D eigenvalue weighted by molar-refractivity contribution is 0.103. The predicted octanol–water partition coefficient (Wildman–Crippen LogP) is 4.69. The van der Waals surface area contributed by atoms with Gasteiger partial charge in [0.05, 0.1) is 36.3 Å². The molecule has 1 saturated carbocycles. The maximum absolute atomic E-state index is 13.1. The molecule has 2 aliphatic rings. The number of hydrogen-bond acceptors (Lipinski definition) is 6. The Morgan fingerprint density at radius 3 is 2.48 bits per heavy atom. The molecule has 0 spiro atoms. The van der Waals surface area contributed by atoms with E-state index in [-0.39, 0.29) is 11.0 Å². The standard InChI is InChI=1S/C25H27NO6S/c1-25(2)14-13-19-22(30-3)12-9-18(24(19)32-25)21(27)10-5-16-6-11-23(31-4)20(15-16)26-33(28,29)17-7-8-17/h5-6,9-15,17,26H,7-8H2,1-4H3/b10-5+. The molecule has 0 bridgehead atoms. The van der Waals surface area contributed by atoms with Crippen LogP contribution in [0.15, 0.2) is 42.5 Å². The highest BCUT2D eigenvalue weighted by atomic mass is 32.2. The van der Waals surface area contributed by atoms with Gasteiger partial charge >= 0.3 is 0 Å². The van der Waals surface area contributed by atoms with Gasteiger partial charge in [0.15, 0.2) is 5.78 Å². The monoisotopic (exact) mass is 469 g/mol. The number of ether oxygens (including phenoxy) is 3. The van der Waals surface area contributed by atoms with Crippen LogP contribution in [-0.4, -0.2) is 39.3 Å². The van der Waals surface area contributed by atoms with Crippen LogP contribution in [0, 0.1) is 0 Å². The Balaban J connectivity index is 1.62. The number of carbonyl (C=O) groups excluding carboxylic acids is 1. The van der Waals surface area contributed by atoms with Crippen LogP contribution in [0.25, 0.3) is 12.2 Å². The fraction of sp³-hybridized carbons (Fsp3) is 0.320. The molecule has 1 heterocycles. The van der Waals surface area contributed by atoms with Crippen LogP contribution in [-0.2, 0) is 10.0 Å². The smallest absolute Gasteiger partial charge is 0.235 e. The van der Waals surface area contributed by atoms with Crippen LogP contribution >= 0.6 is 0 Å². The van der Waals surface area contributed by atoms with Crippen molar-refractivity contribution < 1.29 is 27.4 Å². The Morgan fingerprint density at radius 1 is 1.12 bits per heavy atom. The number of benzene rings is 2. The van der Waals surface area contributed by atoms with Crippen LogP contribution in [0.1, 0.15) is 48.2 Å². The van der Waals surface area contributed by atoms with Gasteiger partial charge in [-0.3, -0.25) is 9.52 Å². The van der Waals surface area contributed by atoms with Crippen LogP contribution in [0.5, 0.6) is 17.2 Å². The molecule has 1 fully saturated rings. The van der Waals surface area contributed by atoms with Gasteiger partial charge in [0.2, 0.25) is 10.0 Å². The van der Waals surface area contributed by atoms with Gasteiger partial charge in [-0.2, -0.15) is 0 Å². The summed E-state index contributed by atoms with van der Waals surface area (Å²) in [6.07, 6.45) is 8.22. The third-order valence-electron chi connectivity index (χ3n) is 5.52. The molecule has 2 aromatic rings. The zero-order chi connectivity index (χ0) is 23.8. The molecule has 7 nitrogen and oxygen atoms in total. The Kier molecular flexibility index (Phi) is 5.97. The summed E-state index contributed by atoms with van der Waals surface area (Å²) in [5.74, 6) is 1.27. The summed E-state index contributed by atoms with van der Waals surface area (Å²) in [5, 5.41) is -0.359. The summed E-state index contributed by atoms with van der Waals surface area (Å²) < 4.78 is 44.1. The summed E-state index contributed by atoms with van der Waals surface area (Å²) in [5.41, 5.74) is 1.58. The topological polar surface area (TPSA) is 90.9 Å². The number of ketones is 1. The van der Waals surface area contributed by atoms with Crippen molar-refractivity contribution in [1.29, 1.82) is 0 Å². The largest absolute Gasteiger partial charge is 0.496 e. The van der Waals surface area contributed by atoms with Gasteiger partial charge in [-0.05, 0) is 74.7 Å². The first-order valence-corrected chi connectivity index (χ1v) is 12.2. The second kappa shape index (κ2) is 8.59. The Bertz CT molecular complexity index is 1260. The van der Waals surface area contributed by atoms with E-state index in [0.29, 0.717) is 46.9 Å². The predicted molar refractivity (Wildman–Crippen MR) is 129 cm³/mol. The van der Waals surface area contributed by atoms with Gasteiger partial charge in [0.1, 0.15) is 22.8 Å². The highest BCUT2D eigenvalue weighted by molar-refractivity contribution is 7.93. The van der Waals surface area contributed by atoms with E-state index in [9.17, 15) is 13.2 Å². The van der Waals surface area contributed by atoms with Gasteiger partial charge in [-0.15, -0.1) is 0 Å². The second-order valence-electron chi connectivity index (χ2n) is 8.60. The van der Waals surface area contributed by atoms with Crippen LogP contribution in [0.3, 0.4) is 0 Å². The normalized spacial score (nSPS) is 16.7. The zero-order valence-electron chi connectivity index (χ0n) is 19.0. The molecule has 0 atom stereocenters. The first kappa shape index (κ1) is 22.9. The molecule has 174 valence electrons. The molecule has 0 radical (unpaired) electrons. The van der Waals surface area contributed by atoms with Crippen LogP contribution < -0.4 is 18.9 Å². The Labute approximate surface area is 194 Å². The minimum atomic E-state index is -3.45. The average Bonchev–Trinajstić information content (AvgIpc) is 3.62. The summed E-state index contributed by atoms with van der Waals surface area (Å²) in [6.45, 7) is 3.83. The highest BCUT2D eigenvalue weighted by Crippen LogP contribution is 2.40. The number of allylic oxidation sites excluding steroid dienone is 1. The molecule has 2 aromatic carbocycles. The lowest BCUT2D eigenvalue weighted by Gasteiger charge is -2.29. The van der Waals surface area contributed by atoms with Gasteiger partial charge < -0.3 is 14.2 Å². The van der Waals surface area contributed by atoms with E-state index < -0.39 is 15.6 Å². The number of fused-ring (bicyclic) bond motifs is 1. The number of hydrogen-bond donors (Lipinski definition) is 1. The van der Waals surface area contributed by atoms with Gasteiger partial charge in [-0.1, -0.05) is 12.1 Å². The maximum Gasteiger partial charge on any atom is 0.235 e. The average molecular weight is 470 g/mol. The lowest BCUT2D eigenvalue weighted by atomic mass is 9.97.